The summed E-state index contributed by atoms with van der Waals surface area (Å²) in [4.78, 5) is 15.2. The maximum Gasteiger partial charge on any atom is 0.254 e. The lowest BCUT2D eigenvalue weighted by molar-refractivity contribution is 0.0651. The molecule has 1 saturated carbocycles. The van der Waals surface area contributed by atoms with Crippen LogP contribution in [0.3, 0.4) is 0 Å². The molecule has 0 spiro atoms. The van der Waals surface area contributed by atoms with Crippen molar-refractivity contribution in [2.75, 3.05) is 27.4 Å². The Morgan fingerprint density at radius 2 is 1.79 bits per heavy atom. The van der Waals surface area contributed by atoms with E-state index in [0.29, 0.717) is 36.0 Å². The standard InChI is InChI=1S/C26H32FNO5/c1-30-23-13-18(14-24(31-2)25(23)33-17-22-11-6-12-32-22)16-28(21-9-3-4-10-21)26(29)19-7-5-8-20(27)15-19/h5,7-8,13-15,21-22H,3-4,6,9-12,16-17H2,1-2H3/t22-/m0/s1. The zero-order valence-electron chi connectivity index (χ0n) is 19.3. The highest BCUT2D eigenvalue weighted by molar-refractivity contribution is 5.94. The molecule has 1 saturated heterocycles. The fraction of sp³-hybridized carbons (Fsp3) is 0.500. The number of benzene rings is 2. The van der Waals surface area contributed by atoms with Gasteiger partial charge in [0, 0.05) is 24.8 Å². The van der Waals surface area contributed by atoms with Gasteiger partial charge >= 0.3 is 0 Å². The molecule has 1 aliphatic carbocycles. The zero-order valence-corrected chi connectivity index (χ0v) is 19.3. The Bertz CT molecular complexity index is 928. The van der Waals surface area contributed by atoms with Gasteiger partial charge in [-0.1, -0.05) is 18.9 Å². The van der Waals surface area contributed by atoms with Crippen LogP contribution in [-0.4, -0.2) is 50.4 Å². The van der Waals surface area contributed by atoms with E-state index >= 15 is 0 Å². The van der Waals surface area contributed by atoms with E-state index in [0.717, 1.165) is 50.7 Å². The molecule has 1 aliphatic heterocycles. The van der Waals surface area contributed by atoms with Crippen LogP contribution in [0.4, 0.5) is 4.39 Å². The predicted octanol–water partition coefficient (Wildman–Crippen LogP) is 4.99. The van der Waals surface area contributed by atoms with Gasteiger partial charge in [-0.05, 0) is 61.6 Å². The van der Waals surface area contributed by atoms with Gasteiger partial charge in [0.2, 0.25) is 5.75 Å². The van der Waals surface area contributed by atoms with Crippen molar-refractivity contribution in [3.63, 3.8) is 0 Å². The lowest BCUT2D eigenvalue weighted by atomic mass is 10.1. The van der Waals surface area contributed by atoms with Gasteiger partial charge < -0.3 is 23.8 Å². The molecule has 0 N–H and O–H groups in total. The van der Waals surface area contributed by atoms with Crippen LogP contribution >= 0.6 is 0 Å². The van der Waals surface area contributed by atoms with Crippen molar-refractivity contribution in [1.82, 2.24) is 4.90 Å². The molecule has 7 heteroatoms. The van der Waals surface area contributed by atoms with E-state index in [-0.39, 0.29) is 18.1 Å². The summed E-state index contributed by atoms with van der Waals surface area (Å²) in [6.07, 6.45) is 6.13. The van der Waals surface area contributed by atoms with Crippen LogP contribution in [0, 0.1) is 5.82 Å². The summed E-state index contributed by atoms with van der Waals surface area (Å²) < 4.78 is 36.7. The van der Waals surface area contributed by atoms with E-state index in [1.165, 1.54) is 12.1 Å². The highest BCUT2D eigenvalue weighted by Crippen LogP contribution is 2.40. The Kier molecular flexibility index (Phi) is 7.70. The lowest BCUT2D eigenvalue weighted by Crippen LogP contribution is -2.38. The number of hydrogen-bond acceptors (Lipinski definition) is 5. The molecule has 1 amide bonds. The first-order valence-electron chi connectivity index (χ1n) is 11.6. The quantitative estimate of drug-likeness (QED) is 0.531. The van der Waals surface area contributed by atoms with E-state index in [1.54, 1.807) is 26.4 Å². The Morgan fingerprint density at radius 1 is 1.06 bits per heavy atom. The number of hydrogen-bond donors (Lipinski definition) is 0. The van der Waals surface area contributed by atoms with Gasteiger partial charge in [-0.3, -0.25) is 4.79 Å². The summed E-state index contributed by atoms with van der Waals surface area (Å²) in [6, 6.07) is 9.77. The summed E-state index contributed by atoms with van der Waals surface area (Å²) >= 11 is 0. The van der Waals surface area contributed by atoms with Gasteiger partial charge in [-0.15, -0.1) is 0 Å². The molecule has 0 bridgehead atoms. The molecule has 178 valence electrons. The average molecular weight is 458 g/mol. The molecule has 1 atom stereocenters. The molecular weight excluding hydrogens is 425 g/mol. The maximum atomic E-state index is 13.8. The van der Waals surface area contributed by atoms with Crippen molar-refractivity contribution >= 4 is 5.91 Å². The van der Waals surface area contributed by atoms with Crippen molar-refractivity contribution in [3.05, 3.63) is 53.3 Å². The number of amides is 1. The van der Waals surface area contributed by atoms with E-state index < -0.39 is 5.82 Å². The second kappa shape index (κ2) is 10.9. The Balaban J connectivity index is 1.59. The number of halogens is 1. The predicted molar refractivity (Wildman–Crippen MR) is 123 cm³/mol. The first-order chi connectivity index (χ1) is 16.1. The third kappa shape index (κ3) is 5.58. The first kappa shape index (κ1) is 23.4. The minimum absolute atomic E-state index is 0.0702. The van der Waals surface area contributed by atoms with E-state index in [9.17, 15) is 9.18 Å². The van der Waals surface area contributed by atoms with Crippen LogP contribution in [-0.2, 0) is 11.3 Å². The van der Waals surface area contributed by atoms with Crippen LogP contribution in [0.5, 0.6) is 17.2 Å². The summed E-state index contributed by atoms with van der Waals surface area (Å²) in [5, 5.41) is 0. The molecular formula is C26H32FNO5. The number of methoxy groups -OCH3 is 2. The highest BCUT2D eigenvalue weighted by Gasteiger charge is 2.29. The first-order valence-corrected chi connectivity index (χ1v) is 11.6. The summed E-state index contributed by atoms with van der Waals surface area (Å²) in [5.74, 6) is 1.04. The molecule has 1 heterocycles. The minimum atomic E-state index is -0.414. The topological polar surface area (TPSA) is 57.2 Å². The molecule has 0 radical (unpaired) electrons. The highest BCUT2D eigenvalue weighted by atomic mass is 19.1. The second-order valence-electron chi connectivity index (χ2n) is 8.66. The molecule has 2 aromatic carbocycles. The Hall–Kier alpha value is -2.80. The SMILES string of the molecule is COc1cc(CN(C(=O)c2cccc(F)c2)C2CCCC2)cc(OC)c1OC[C@@H]1CCCO1. The van der Waals surface area contributed by atoms with Crippen molar-refractivity contribution in [2.24, 2.45) is 0 Å². The van der Waals surface area contributed by atoms with Gasteiger partial charge in [-0.2, -0.15) is 0 Å². The van der Waals surface area contributed by atoms with Gasteiger partial charge in [0.1, 0.15) is 12.4 Å². The van der Waals surface area contributed by atoms with Crippen molar-refractivity contribution in [3.8, 4) is 17.2 Å². The number of rotatable bonds is 9. The van der Waals surface area contributed by atoms with Gasteiger partial charge in [-0.25, -0.2) is 4.39 Å². The van der Waals surface area contributed by atoms with Gasteiger partial charge in [0.25, 0.3) is 5.91 Å². The minimum Gasteiger partial charge on any atom is -0.493 e. The van der Waals surface area contributed by atoms with Gasteiger partial charge in [0.15, 0.2) is 11.5 Å². The Morgan fingerprint density at radius 3 is 2.39 bits per heavy atom. The monoisotopic (exact) mass is 457 g/mol. The summed E-state index contributed by atoms with van der Waals surface area (Å²) in [5.41, 5.74) is 1.22. The summed E-state index contributed by atoms with van der Waals surface area (Å²) in [6.45, 7) is 1.56. The molecule has 0 unspecified atom stereocenters. The molecule has 2 aliphatic rings. The molecule has 6 nitrogen and oxygen atoms in total. The number of carbonyl (C=O) groups is 1. The molecule has 0 aromatic heterocycles. The fourth-order valence-electron chi connectivity index (χ4n) is 4.69. The average Bonchev–Trinajstić information content (AvgIpc) is 3.55. The normalized spacial score (nSPS) is 18.3. The molecule has 2 fully saturated rings. The van der Waals surface area contributed by atoms with Crippen molar-refractivity contribution in [2.45, 2.75) is 57.2 Å². The largest absolute Gasteiger partial charge is 0.493 e. The van der Waals surface area contributed by atoms with E-state index in [2.05, 4.69) is 0 Å². The zero-order chi connectivity index (χ0) is 23.2. The third-order valence-electron chi connectivity index (χ3n) is 6.41. The van der Waals surface area contributed by atoms with Gasteiger partial charge in [0.05, 0.1) is 20.3 Å². The molecule has 33 heavy (non-hydrogen) atoms. The lowest BCUT2D eigenvalue weighted by Gasteiger charge is -2.30. The van der Waals surface area contributed by atoms with Crippen LogP contribution in [0.25, 0.3) is 0 Å². The van der Waals surface area contributed by atoms with E-state index in [4.69, 9.17) is 18.9 Å². The molecule has 4 rings (SSSR count). The number of carbonyl (C=O) groups excluding carboxylic acids is 1. The number of ether oxygens (including phenoxy) is 4. The second-order valence-corrected chi connectivity index (χ2v) is 8.66. The number of nitrogens with zero attached hydrogens (tertiary/aromatic N) is 1. The van der Waals surface area contributed by atoms with Crippen LogP contribution < -0.4 is 14.2 Å². The smallest absolute Gasteiger partial charge is 0.254 e. The van der Waals surface area contributed by atoms with Crippen LogP contribution in [0.2, 0.25) is 0 Å². The van der Waals surface area contributed by atoms with Crippen molar-refractivity contribution in [1.29, 1.82) is 0 Å². The molecule has 2 aromatic rings. The van der Waals surface area contributed by atoms with Crippen LogP contribution in [0.15, 0.2) is 36.4 Å². The van der Waals surface area contributed by atoms with Crippen LogP contribution in [0.1, 0.15) is 54.4 Å². The van der Waals surface area contributed by atoms with E-state index in [1.807, 2.05) is 17.0 Å². The summed E-state index contributed by atoms with van der Waals surface area (Å²) in [7, 11) is 3.17. The van der Waals surface area contributed by atoms with Crippen molar-refractivity contribution < 1.29 is 28.1 Å². The fourth-order valence-corrected chi connectivity index (χ4v) is 4.69. The maximum absolute atomic E-state index is 13.8. The third-order valence-corrected chi connectivity index (χ3v) is 6.41. The Labute approximate surface area is 194 Å².